The minimum atomic E-state index is -0.823. The Morgan fingerprint density at radius 2 is 1.95 bits per heavy atom. The van der Waals surface area contributed by atoms with Crippen LogP contribution < -0.4 is 11.1 Å². The fourth-order valence-corrected chi connectivity index (χ4v) is 2.59. The summed E-state index contributed by atoms with van der Waals surface area (Å²) in [6, 6.07) is 7.41. The number of carboxylic acids is 1. The van der Waals surface area contributed by atoms with Crippen LogP contribution in [-0.2, 0) is 15.0 Å². The average molecular weight is 290 g/mol. The molecule has 1 saturated carbocycles. The van der Waals surface area contributed by atoms with Crippen LogP contribution in [0.3, 0.4) is 0 Å². The quantitative estimate of drug-likeness (QED) is 0.669. The van der Waals surface area contributed by atoms with Gasteiger partial charge in [0.15, 0.2) is 0 Å². The number of amides is 1. The molecule has 1 fully saturated rings. The molecule has 1 aromatic carbocycles. The van der Waals surface area contributed by atoms with Gasteiger partial charge in [0, 0.05) is 18.7 Å². The first kappa shape index (κ1) is 15.4. The minimum absolute atomic E-state index is 0.00360. The fraction of sp³-hybridized carbons (Fsp3) is 0.500. The summed E-state index contributed by atoms with van der Waals surface area (Å²) in [6.07, 6.45) is 2.49. The van der Waals surface area contributed by atoms with Gasteiger partial charge in [-0.1, -0.05) is 25.5 Å². The van der Waals surface area contributed by atoms with Crippen molar-refractivity contribution >= 4 is 17.6 Å². The second-order valence-electron chi connectivity index (χ2n) is 5.79. The number of carbonyl (C=O) groups excluding carboxylic acids is 1. The predicted octanol–water partition coefficient (Wildman–Crippen LogP) is 1.92. The zero-order valence-corrected chi connectivity index (χ0v) is 12.3. The number of aliphatic carboxylic acids is 1. The molecule has 1 aliphatic rings. The number of benzene rings is 1. The van der Waals surface area contributed by atoms with Crippen LogP contribution in [0.15, 0.2) is 24.3 Å². The highest BCUT2D eigenvalue weighted by molar-refractivity contribution is 5.91. The van der Waals surface area contributed by atoms with Gasteiger partial charge in [-0.25, -0.2) is 0 Å². The van der Waals surface area contributed by atoms with Crippen LogP contribution in [0.5, 0.6) is 0 Å². The van der Waals surface area contributed by atoms with Gasteiger partial charge in [-0.2, -0.15) is 0 Å². The Balaban J connectivity index is 1.96. The van der Waals surface area contributed by atoms with Gasteiger partial charge in [0.25, 0.3) is 0 Å². The summed E-state index contributed by atoms with van der Waals surface area (Å²) in [5.41, 5.74) is 6.91. The number of hydrogen-bond acceptors (Lipinski definition) is 3. The summed E-state index contributed by atoms with van der Waals surface area (Å²) >= 11 is 0. The number of carbonyl (C=O) groups is 2. The molecule has 1 aliphatic carbocycles. The molecule has 114 valence electrons. The van der Waals surface area contributed by atoms with Crippen LogP contribution >= 0.6 is 0 Å². The Labute approximate surface area is 124 Å². The maximum absolute atomic E-state index is 12.4. The van der Waals surface area contributed by atoms with Crippen molar-refractivity contribution in [1.82, 2.24) is 5.32 Å². The lowest BCUT2D eigenvalue weighted by molar-refractivity contribution is -0.138. The Hall–Kier alpha value is -2.04. The van der Waals surface area contributed by atoms with Crippen molar-refractivity contribution in [3.05, 3.63) is 29.8 Å². The van der Waals surface area contributed by atoms with Crippen molar-refractivity contribution in [2.24, 2.45) is 5.92 Å². The van der Waals surface area contributed by atoms with Crippen molar-refractivity contribution in [1.29, 1.82) is 0 Å². The molecule has 5 nitrogen and oxygen atoms in total. The molecule has 1 atom stereocenters. The summed E-state index contributed by atoms with van der Waals surface area (Å²) < 4.78 is 0. The fourth-order valence-electron chi connectivity index (χ4n) is 2.59. The molecule has 5 heteroatoms. The van der Waals surface area contributed by atoms with Crippen LogP contribution in [0.25, 0.3) is 0 Å². The lowest BCUT2D eigenvalue weighted by atomic mass is 9.94. The van der Waals surface area contributed by atoms with E-state index in [9.17, 15) is 9.59 Å². The zero-order valence-electron chi connectivity index (χ0n) is 12.3. The van der Waals surface area contributed by atoms with Gasteiger partial charge in [-0.3, -0.25) is 9.59 Å². The maximum Gasteiger partial charge on any atom is 0.303 e. The highest BCUT2D eigenvalue weighted by atomic mass is 16.4. The molecule has 1 amide bonds. The van der Waals surface area contributed by atoms with Crippen molar-refractivity contribution < 1.29 is 14.7 Å². The molecule has 21 heavy (non-hydrogen) atoms. The molecule has 0 radical (unpaired) electrons. The van der Waals surface area contributed by atoms with Crippen LogP contribution in [0.1, 0.15) is 38.2 Å². The molecular weight excluding hydrogens is 268 g/mol. The molecule has 2 rings (SSSR count). The van der Waals surface area contributed by atoms with Gasteiger partial charge < -0.3 is 16.2 Å². The molecule has 4 N–H and O–H groups in total. The van der Waals surface area contributed by atoms with E-state index in [1.807, 2.05) is 31.2 Å². The van der Waals surface area contributed by atoms with Crippen LogP contribution in [0.4, 0.5) is 5.69 Å². The Kier molecular flexibility index (Phi) is 4.50. The molecule has 0 spiro atoms. The number of nitrogen functional groups attached to an aromatic ring is 1. The summed E-state index contributed by atoms with van der Waals surface area (Å²) in [5.74, 6) is -0.847. The number of hydrogen-bond donors (Lipinski definition) is 3. The van der Waals surface area contributed by atoms with Gasteiger partial charge in [-0.05, 0) is 36.5 Å². The van der Waals surface area contributed by atoms with Crippen molar-refractivity contribution in [2.45, 2.75) is 38.0 Å². The summed E-state index contributed by atoms with van der Waals surface area (Å²) in [4.78, 5) is 23.2. The largest absolute Gasteiger partial charge is 0.481 e. The minimum Gasteiger partial charge on any atom is -0.481 e. The topological polar surface area (TPSA) is 92.4 Å². The number of carboxylic acid groups (broad SMARTS) is 1. The maximum atomic E-state index is 12.4. The number of anilines is 1. The summed E-state index contributed by atoms with van der Waals surface area (Å²) in [6.45, 7) is 2.35. The average Bonchev–Trinajstić information content (AvgIpc) is 3.25. The van der Waals surface area contributed by atoms with Gasteiger partial charge in [0.05, 0.1) is 5.41 Å². The van der Waals surface area contributed by atoms with Gasteiger partial charge in [-0.15, -0.1) is 0 Å². The molecule has 0 aliphatic heterocycles. The van der Waals surface area contributed by atoms with Gasteiger partial charge >= 0.3 is 5.97 Å². The van der Waals surface area contributed by atoms with E-state index in [-0.39, 0.29) is 18.2 Å². The molecule has 0 aromatic heterocycles. The van der Waals surface area contributed by atoms with E-state index in [0.29, 0.717) is 12.2 Å². The first-order chi connectivity index (χ1) is 9.98. The highest BCUT2D eigenvalue weighted by Gasteiger charge is 2.51. The van der Waals surface area contributed by atoms with Crippen LogP contribution in [-0.4, -0.2) is 23.5 Å². The monoisotopic (exact) mass is 290 g/mol. The smallest absolute Gasteiger partial charge is 0.303 e. The standard InChI is InChI=1S/C16H22N2O3/c1-2-11(9-14(19)20)10-18-15(21)16(7-8-16)12-3-5-13(17)6-4-12/h3-6,11H,2,7-10,17H2,1H3,(H,18,21)(H,19,20). The third kappa shape index (κ3) is 3.54. The number of rotatable bonds is 7. The first-order valence-electron chi connectivity index (χ1n) is 7.34. The van der Waals surface area contributed by atoms with E-state index in [1.54, 1.807) is 0 Å². The first-order valence-corrected chi connectivity index (χ1v) is 7.34. The second kappa shape index (κ2) is 6.16. The van der Waals surface area contributed by atoms with Crippen LogP contribution in [0.2, 0.25) is 0 Å². The molecule has 0 heterocycles. The van der Waals surface area contributed by atoms with E-state index in [0.717, 1.165) is 24.8 Å². The molecule has 1 aromatic rings. The van der Waals surface area contributed by atoms with E-state index in [1.165, 1.54) is 0 Å². The van der Waals surface area contributed by atoms with E-state index < -0.39 is 11.4 Å². The molecule has 1 unspecified atom stereocenters. The number of nitrogens with one attached hydrogen (secondary N) is 1. The Morgan fingerprint density at radius 3 is 2.43 bits per heavy atom. The van der Waals surface area contributed by atoms with E-state index in [4.69, 9.17) is 10.8 Å². The Bertz CT molecular complexity index is 521. The lowest BCUT2D eigenvalue weighted by Crippen LogP contribution is -2.38. The predicted molar refractivity (Wildman–Crippen MR) is 80.8 cm³/mol. The molecule has 0 saturated heterocycles. The molecular formula is C16H22N2O3. The third-order valence-electron chi connectivity index (χ3n) is 4.24. The van der Waals surface area contributed by atoms with E-state index >= 15 is 0 Å². The van der Waals surface area contributed by atoms with Crippen LogP contribution in [0, 0.1) is 5.92 Å². The van der Waals surface area contributed by atoms with Crippen molar-refractivity contribution in [3.63, 3.8) is 0 Å². The summed E-state index contributed by atoms with van der Waals surface area (Å²) in [5, 5.41) is 11.8. The second-order valence-corrected chi connectivity index (χ2v) is 5.79. The SMILES string of the molecule is CCC(CNC(=O)C1(c2ccc(N)cc2)CC1)CC(=O)O. The molecule has 0 bridgehead atoms. The highest BCUT2D eigenvalue weighted by Crippen LogP contribution is 2.48. The van der Waals surface area contributed by atoms with Gasteiger partial charge in [0.1, 0.15) is 0 Å². The third-order valence-corrected chi connectivity index (χ3v) is 4.24. The van der Waals surface area contributed by atoms with Gasteiger partial charge in [0.2, 0.25) is 5.91 Å². The van der Waals surface area contributed by atoms with Crippen molar-refractivity contribution in [2.75, 3.05) is 12.3 Å². The Morgan fingerprint density at radius 1 is 1.33 bits per heavy atom. The van der Waals surface area contributed by atoms with E-state index in [2.05, 4.69) is 5.32 Å². The summed E-state index contributed by atoms with van der Waals surface area (Å²) in [7, 11) is 0. The number of nitrogens with two attached hydrogens (primary N) is 1. The lowest BCUT2D eigenvalue weighted by Gasteiger charge is -2.19. The normalized spacial score (nSPS) is 17.0. The van der Waals surface area contributed by atoms with Crippen molar-refractivity contribution in [3.8, 4) is 0 Å². The zero-order chi connectivity index (χ0) is 15.5.